The van der Waals surface area contributed by atoms with Crippen LogP contribution in [-0.2, 0) is 0 Å². The quantitative estimate of drug-likeness (QED) is 0.554. The van der Waals surface area contributed by atoms with E-state index in [1.165, 1.54) is 10.7 Å². The lowest BCUT2D eigenvalue weighted by atomic mass is 10.2. The number of urea groups is 1. The lowest BCUT2D eigenvalue weighted by Gasteiger charge is -2.12. The van der Waals surface area contributed by atoms with Gasteiger partial charge in [-0.25, -0.2) is 9.78 Å². The van der Waals surface area contributed by atoms with Crippen molar-refractivity contribution in [3.63, 3.8) is 0 Å². The van der Waals surface area contributed by atoms with Crippen LogP contribution in [0.25, 0.3) is 5.65 Å². The van der Waals surface area contributed by atoms with E-state index in [4.69, 9.17) is 0 Å². The van der Waals surface area contributed by atoms with Crippen molar-refractivity contribution in [1.29, 1.82) is 5.26 Å². The van der Waals surface area contributed by atoms with E-state index >= 15 is 0 Å². The van der Waals surface area contributed by atoms with Crippen LogP contribution in [0, 0.1) is 11.3 Å². The maximum Gasteiger partial charge on any atom is 0.318 e. The van der Waals surface area contributed by atoms with Gasteiger partial charge in [0, 0.05) is 30.5 Å². The van der Waals surface area contributed by atoms with E-state index in [2.05, 4.69) is 37.4 Å². The van der Waals surface area contributed by atoms with Gasteiger partial charge in [-0.05, 0) is 31.0 Å². The van der Waals surface area contributed by atoms with Gasteiger partial charge in [-0.1, -0.05) is 6.07 Å². The third-order valence-corrected chi connectivity index (χ3v) is 4.14. The Labute approximate surface area is 155 Å². The van der Waals surface area contributed by atoms with Crippen molar-refractivity contribution in [1.82, 2.24) is 19.9 Å². The zero-order chi connectivity index (χ0) is 18.8. The van der Waals surface area contributed by atoms with Crippen molar-refractivity contribution in [2.45, 2.75) is 18.9 Å². The third kappa shape index (κ3) is 3.59. The van der Waals surface area contributed by atoms with Crippen molar-refractivity contribution in [2.24, 2.45) is 0 Å². The molecule has 0 saturated heterocycles. The number of carbonyl (C=O) groups excluding carboxylic acids is 1. The van der Waals surface area contributed by atoms with Crippen LogP contribution < -0.4 is 21.3 Å². The third-order valence-electron chi connectivity index (χ3n) is 4.14. The predicted octanol–water partition coefficient (Wildman–Crippen LogP) is 2.67. The topological polar surface area (TPSA) is 119 Å². The van der Waals surface area contributed by atoms with E-state index in [1.807, 2.05) is 18.2 Å². The zero-order valence-electron chi connectivity index (χ0n) is 14.7. The number of imidazole rings is 1. The first kappa shape index (κ1) is 16.7. The van der Waals surface area contributed by atoms with Gasteiger partial charge in [-0.3, -0.25) is 0 Å². The van der Waals surface area contributed by atoms with Crippen LogP contribution in [-0.4, -0.2) is 33.7 Å². The average Bonchev–Trinajstić information content (AvgIpc) is 3.38. The average molecular weight is 362 g/mol. The number of aromatic nitrogens is 3. The van der Waals surface area contributed by atoms with Crippen LogP contribution in [0.15, 0.2) is 36.5 Å². The zero-order valence-corrected chi connectivity index (χ0v) is 14.7. The minimum absolute atomic E-state index is 0.292. The van der Waals surface area contributed by atoms with Crippen LogP contribution in [0.2, 0.25) is 0 Å². The van der Waals surface area contributed by atoms with Gasteiger partial charge in [0.05, 0.1) is 11.9 Å². The van der Waals surface area contributed by atoms with Gasteiger partial charge in [0.2, 0.25) is 0 Å². The molecule has 136 valence electrons. The van der Waals surface area contributed by atoms with E-state index in [1.54, 1.807) is 19.2 Å². The van der Waals surface area contributed by atoms with Crippen LogP contribution in [0.1, 0.15) is 18.5 Å². The Morgan fingerprint density at radius 3 is 2.85 bits per heavy atom. The molecule has 9 heteroatoms. The summed E-state index contributed by atoms with van der Waals surface area (Å²) >= 11 is 0. The number of nitrogens with zero attached hydrogens (tertiary/aromatic N) is 4. The van der Waals surface area contributed by atoms with E-state index in [-0.39, 0.29) is 6.03 Å². The van der Waals surface area contributed by atoms with Crippen molar-refractivity contribution in [3.8, 4) is 6.07 Å². The number of rotatable bonds is 5. The first-order valence-electron chi connectivity index (χ1n) is 8.57. The van der Waals surface area contributed by atoms with Gasteiger partial charge in [0.1, 0.15) is 6.07 Å². The number of anilines is 4. The molecule has 0 atom stereocenters. The number of hydrogen-bond donors (Lipinski definition) is 4. The Hall–Kier alpha value is -3.80. The summed E-state index contributed by atoms with van der Waals surface area (Å²) in [4.78, 5) is 15.8. The molecule has 1 aliphatic rings. The molecule has 2 heterocycles. The predicted molar refractivity (Wildman–Crippen MR) is 102 cm³/mol. The maximum absolute atomic E-state index is 11.5. The largest absolute Gasteiger partial charge is 0.379 e. The molecule has 0 radical (unpaired) electrons. The highest BCUT2D eigenvalue weighted by atomic mass is 16.2. The second-order valence-corrected chi connectivity index (χ2v) is 6.26. The molecule has 3 aromatic rings. The number of nitriles is 1. The lowest BCUT2D eigenvalue weighted by molar-refractivity contribution is 0.254. The molecule has 2 amide bonds. The molecule has 1 fully saturated rings. The molecule has 1 aliphatic carbocycles. The fourth-order valence-electron chi connectivity index (χ4n) is 2.68. The summed E-state index contributed by atoms with van der Waals surface area (Å²) in [5.41, 5.74) is 3.22. The van der Waals surface area contributed by atoms with Crippen LogP contribution in [0.3, 0.4) is 0 Å². The van der Waals surface area contributed by atoms with E-state index < -0.39 is 0 Å². The van der Waals surface area contributed by atoms with Crippen molar-refractivity contribution < 1.29 is 4.79 Å². The minimum Gasteiger partial charge on any atom is -0.379 e. The molecule has 4 N–H and O–H groups in total. The summed E-state index contributed by atoms with van der Waals surface area (Å²) < 4.78 is 1.53. The molecule has 4 rings (SSSR count). The highest BCUT2D eigenvalue weighted by Gasteiger charge is 2.23. The molecule has 9 nitrogen and oxygen atoms in total. The Kier molecular flexibility index (Phi) is 4.22. The molecule has 0 bridgehead atoms. The smallest absolute Gasteiger partial charge is 0.318 e. The van der Waals surface area contributed by atoms with Crippen LogP contribution in [0.5, 0.6) is 0 Å². The normalized spacial score (nSPS) is 13.0. The molecule has 1 aromatic carbocycles. The number of carbonyl (C=O) groups is 1. The van der Waals surface area contributed by atoms with Crippen molar-refractivity contribution >= 4 is 34.6 Å². The summed E-state index contributed by atoms with van der Waals surface area (Å²) in [6, 6.07) is 11.4. The number of amides is 2. The van der Waals surface area contributed by atoms with Crippen molar-refractivity contribution in [3.05, 3.63) is 42.2 Å². The SMILES string of the molecule is CNC(=O)Nc1cccc(Nc2cc(NC3CC3)c3ncc(C#N)n3n2)c1. The fourth-order valence-corrected chi connectivity index (χ4v) is 2.68. The second-order valence-electron chi connectivity index (χ2n) is 6.26. The molecule has 2 aromatic heterocycles. The summed E-state index contributed by atoms with van der Waals surface area (Å²) in [5, 5.41) is 25.7. The summed E-state index contributed by atoms with van der Waals surface area (Å²) in [7, 11) is 1.56. The Balaban J connectivity index is 1.66. The van der Waals surface area contributed by atoms with Gasteiger partial charge < -0.3 is 21.3 Å². The Morgan fingerprint density at radius 2 is 2.11 bits per heavy atom. The molecule has 1 saturated carbocycles. The Bertz CT molecular complexity index is 1050. The summed E-state index contributed by atoms with van der Waals surface area (Å²) in [6.45, 7) is 0. The van der Waals surface area contributed by atoms with Gasteiger partial charge in [0.15, 0.2) is 17.2 Å². The fraction of sp³-hybridized carbons (Fsp3) is 0.222. The Morgan fingerprint density at radius 1 is 1.30 bits per heavy atom. The molecule has 0 spiro atoms. The van der Waals surface area contributed by atoms with Gasteiger partial charge in [-0.2, -0.15) is 9.78 Å². The number of benzene rings is 1. The molecular formula is C18H18N8O. The monoisotopic (exact) mass is 362 g/mol. The van der Waals surface area contributed by atoms with Gasteiger partial charge in [-0.15, -0.1) is 5.10 Å². The second kappa shape index (κ2) is 6.84. The highest BCUT2D eigenvalue weighted by Crippen LogP contribution is 2.29. The van der Waals surface area contributed by atoms with Crippen LogP contribution in [0.4, 0.5) is 27.7 Å². The number of fused-ring (bicyclic) bond motifs is 1. The first-order valence-corrected chi connectivity index (χ1v) is 8.57. The van der Waals surface area contributed by atoms with E-state index in [0.29, 0.717) is 28.9 Å². The standard InChI is InChI=1S/C18H18N8O/c1-20-18(27)24-13-4-2-3-12(7-13)23-16-8-15(22-11-5-6-11)17-21-10-14(9-19)26(17)25-16/h2-4,7-8,10-11,22H,5-6H2,1H3,(H,23,25)(H2,20,24,27). The molecule has 0 unspecified atom stereocenters. The van der Waals surface area contributed by atoms with Gasteiger partial charge in [0.25, 0.3) is 0 Å². The van der Waals surface area contributed by atoms with E-state index in [0.717, 1.165) is 24.2 Å². The maximum atomic E-state index is 11.5. The van der Waals surface area contributed by atoms with Gasteiger partial charge >= 0.3 is 6.03 Å². The lowest BCUT2D eigenvalue weighted by Crippen LogP contribution is -2.24. The summed E-state index contributed by atoms with van der Waals surface area (Å²) in [6.07, 6.45) is 3.75. The number of hydrogen-bond acceptors (Lipinski definition) is 6. The van der Waals surface area contributed by atoms with Crippen LogP contribution >= 0.6 is 0 Å². The number of nitrogens with one attached hydrogen (secondary N) is 4. The van der Waals surface area contributed by atoms with Crippen molar-refractivity contribution in [2.75, 3.05) is 23.0 Å². The summed E-state index contributed by atoms with van der Waals surface area (Å²) in [5.74, 6) is 0.567. The first-order chi connectivity index (χ1) is 13.2. The molecule has 0 aliphatic heterocycles. The minimum atomic E-state index is -0.292. The molecule has 27 heavy (non-hydrogen) atoms. The van der Waals surface area contributed by atoms with E-state index in [9.17, 15) is 10.1 Å². The molecular weight excluding hydrogens is 344 g/mol. The highest BCUT2D eigenvalue weighted by molar-refractivity contribution is 5.89.